The van der Waals surface area contributed by atoms with Crippen molar-refractivity contribution >= 4 is 28.6 Å². The summed E-state index contributed by atoms with van der Waals surface area (Å²) in [5.74, 6) is 5.24. The zero-order valence-corrected chi connectivity index (χ0v) is 12.6. The zero-order valence-electron chi connectivity index (χ0n) is 10.9. The van der Waals surface area contributed by atoms with Gasteiger partial charge in [-0.25, -0.2) is 4.98 Å². The number of hydrogen-bond donors (Lipinski definition) is 2. The van der Waals surface area contributed by atoms with E-state index >= 15 is 0 Å². The van der Waals surface area contributed by atoms with Crippen molar-refractivity contribution in [3.8, 4) is 11.8 Å². The second kappa shape index (κ2) is 7.20. The van der Waals surface area contributed by atoms with Crippen LogP contribution in [-0.4, -0.2) is 22.6 Å². The van der Waals surface area contributed by atoms with E-state index in [2.05, 4.69) is 22.1 Å². The third-order valence-electron chi connectivity index (χ3n) is 2.62. The van der Waals surface area contributed by atoms with Gasteiger partial charge < -0.3 is 10.4 Å². The number of thiazole rings is 1. The SMILES string of the molecule is CCC(NC(=O)c1csc(C#CCO)c1)c1nccs1. The summed E-state index contributed by atoms with van der Waals surface area (Å²) < 4.78 is 0. The molecule has 6 heteroatoms. The van der Waals surface area contributed by atoms with Crippen LogP contribution in [0.5, 0.6) is 0 Å². The molecule has 2 rings (SSSR count). The lowest BCUT2D eigenvalue weighted by Crippen LogP contribution is -2.27. The topological polar surface area (TPSA) is 62.2 Å². The Bertz CT molecular complexity index is 623. The monoisotopic (exact) mass is 306 g/mol. The van der Waals surface area contributed by atoms with Crippen LogP contribution in [0.4, 0.5) is 0 Å². The predicted molar refractivity (Wildman–Crippen MR) is 80.9 cm³/mol. The summed E-state index contributed by atoms with van der Waals surface area (Å²) in [7, 11) is 0. The highest BCUT2D eigenvalue weighted by Gasteiger charge is 2.16. The van der Waals surface area contributed by atoms with Crippen LogP contribution >= 0.6 is 22.7 Å². The van der Waals surface area contributed by atoms with E-state index in [1.54, 1.807) is 17.6 Å². The van der Waals surface area contributed by atoms with E-state index in [4.69, 9.17) is 5.11 Å². The molecule has 2 heterocycles. The number of aromatic nitrogens is 1. The van der Waals surface area contributed by atoms with Gasteiger partial charge >= 0.3 is 0 Å². The largest absolute Gasteiger partial charge is 0.384 e. The second-order valence-electron chi connectivity index (χ2n) is 3.96. The number of rotatable bonds is 4. The molecule has 0 aliphatic rings. The molecule has 0 radical (unpaired) electrons. The van der Waals surface area contributed by atoms with Crippen LogP contribution in [-0.2, 0) is 0 Å². The minimum absolute atomic E-state index is 0.0608. The molecule has 0 aliphatic heterocycles. The van der Waals surface area contributed by atoms with Crippen molar-refractivity contribution in [1.82, 2.24) is 10.3 Å². The Morgan fingerprint density at radius 1 is 1.55 bits per heavy atom. The Kier molecular flexibility index (Phi) is 5.30. The molecule has 2 aromatic heterocycles. The molecule has 0 fully saturated rings. The lowest BCUT2D eigenvalue weighted by Gasteiger charge is -2.13. The number of nitrogens with one attached hydrogen (secondary N) is 1. The first-order valence-electron chi connectivity index (χ1n) is 6.13. The van der Waals surface area contributed by atoms with Gasteiger partial charge in [0, 0.05) is 17.0 Å². The van der Waals surface area contributed by atoms with Crippen LogP contribution in [0.2, 0.25) is 0 Å². The Morgan fingerprint density at radius 3 is 3.05 bits per heavy atom. The van der Waals surface area contributed by atoms with Crippen molar-refractivity contribution in [2.45, 2.75) is 19.4 Å². The number of carbonyl (C=O) groups excluding carboxylic acids is 1. The minimum atomic E-state index is -0.179. The van der Waals surface area contributed by atoms with Crippen LogP contribution in [0.3, 0.4) is 0 Å². The average Bonchev–Trinajstić information content (AvgIpc) is 3.13. The van der Waals surface area contributed by atoms with E-state index in [1.807, 2.05) is 12.3 Å². The molecule has 0 aliphatic carbocycles. The van der Waals surface area contributed by atoms with Gasteiger partial charge in [0.1, 0.15) is 11.6 Å². The number of aliphatic hydroxyl groups is 1. The molecular weight excluding hydrogens is 292 g/mol. The molecule has 104 valence electrons. The summed E-state index contributed by atoms with van der Waals surface area (Å²) in [6.45, 7) is 1.83. The molecule has 0 saturated carbocycles. The fraction of sp³-hybridized carbons (Fsp3) is 0.286. The van der Waals surface area contributed by atoms with Gasteiger partial charge in [-0.3, -0.25) is 4.79 Å². The van der Waals surface area contributed by atoms with E-state index in [-0.39, 0.29) is 18.6 Å². The van der Waals surface area contributed by atoms with Crippen molar-refractivity contribution in [3.63, 3.8) is 0 Å². The number of thiophene rings is 1. The van der Waals surface area contributed by atoms with Gasteiger partial charge in [-0.2, -0.15) is 0 Å². The zero-order chi connectivity index (χ0) is 14.4. The maximum absolute atomic E-state index is 12.2. The summed E-state index contributed by atoms with van der Waals surface area (Å²) in [5.41, 5.74) is 0.590. The smallest absolute Gasteiger partial charge is 0.252 e. The van der Waals surface area contributed by atoms with E-state index in [0.29, 0.717) is 5.56 Å². The highest BCUT2D eigenvalue weighted by molar-refractivity contribution is 7.10. The predicted octanol–water partition coefficient (Wildman–Crippen LogP) is 2.43. The van der Waals surface area contributed by atoms with E-state index < -0.39 is 0 Å². The third-order valence-corrected chi connectivity index (χ3v) is 4.35. The molecule has 0 saturated heterocycles. The first kappa shape index (κ1) is 14.7. The molecule has 0 bridgehead atoms. The highest BCUT2D eigenvalue weighted by Crippen LogP contribution is 2.20. The summed E-state index contributed by atoms with van der Waals surface area (Å²) >= 11 is 2.93. The fourth-order valence-electron chi connectivity index (χ4n) is 1.63. The number of aliphatic hydroxyl groups excluding tert-OH is 1. The summed E-state index contributed by atoms with van der Waals surface area (Å²) in [4.78, 5) is 17.2. The maximum atomic E-state index is 12.2. The van der Waals surface area contributed by atoms with Gasteiger partial charge in [-0.15, -0.1) is 22.7 Å². The van der Waals surface area contributed by atoms with Gasteiger partial charge in [0.15, 0.2) is 0 Å². The first-order valence-corrected chi connectivity index (χ1v) is 7.89. The third kappa shape index (κ3) is 3.67. The minimum Gasteiger partial charge on any atom is -0.384 e. The second-order valence-corrected chi connectivity index (χ2v) is 5.80. The van der Waals surface area contributed by atoms with Crippen LogP contribution in [0.15, 0.2) is 23.0 Å². The van der Waals surface area contributed by atoms with Crippen molar-refractivity contribution < 1.29 is 9.90 Å². The quantitative estimate of drug-likeness (QED) is 0.853. The van der Waals surface area contributed by atoms with E-state index in [0.717, 1.165) is 16.3 Å². The Labute approximate surface area is 125 Å². The molecule has 20 heavy (non-hydrogen) atoms. The Balaban J connectivity index is 2.05. The van der Waals surface area contributed by atoms with Gasteiger partial charge in [0.05, 0.1) is 16.5 Å². The standard InChI is InChI=1S/C14H14N2O2S2/c1-2-12(14-15-5-7-19-14)16-13(18)10-8-11(20-9-10)4-3-6-17/h5,7-9,12,17H,2,6H2,1H3,(H,16,18). The highest BCUT2D eigenvalue weighted by atomic mass is 32.1. The Hall–Kier alpha value is -1.68. The molecule has 0 aromatic carbocycles. The molecule has 1 unspecified atom stereocenters. The molecule has 4 nitrogen and oxygen atoms in total. The van der Waals surface area contributed by atoms with Crippen molar-refractivity contribution in [2.75, 3.05) is 6.61 Å². The average molecular weight is 306 g/mol. The number of hydrogen-bond acceptors (Lipinski definition) is 5. The summed E-state index contributed by atoms with van der Waals surface area (Å²) in [6.07, 6.45) is 2.53. The van der Waals surface area contributed by atoms with Crippen LogP contribution < -0.4 is 5.32 Å². The summed E-state index contributed by atoms with van der Waals surface area (Å²) in [5, 5.41) is 16.2. The maximum Gasteiger partial charge on any atom is 0.252 e. The van der Waals surface area contributed by atoms with Gasteiger partial charge in [0.25, 0.3) is 5.91 Å². The number of nitrogens with zero attached hydrogens (tertiary/aromatic N) is 1. The first-order chi connectivity index (χ1) is 9.74. The lowest BCUT2D eigenvalue weighted by molar-refractivity contribution is 0.0936. The molecule has 1 atom stereocenters. The molecule has 2 aromatic rings. The molecule has 2 N–H and O–H groups in total. The normalized spacial score (nSPS) is 11.5. The van der Waals surface area contributed by atoms with Gasteiger partial charge in [-0.1, -0.05) is 18.8 Å². The molecule has 1 amide bonds. The van der Waals surface area contributed by atoms with E-state index in [9.17, 15) is 4.79 Å². The van der Waals surface area contributed by atoms with Crippen molar-refractivity contribution in [1.29, 1.82) is 0 Å². The van der Waals surface area contributed by atoms with Crippen LogP contribution in [0, 0.1) is 11.8 Å². The Morgan fingerprint density at radius 2 is 2.40 bits per heavy atom. The van der Waals surface area contributed by atoms with E-state index in [1.165, 1.54) is 22.7 Å². The number of carbonyl (C=O) groups is 1. The molecular formula is C14H14N2O2S2. The lowest BCUT2D eigenvalue weighted by atomic mass is 10.2. The van der Waals surface area contributed by atoms with Crippen LogP contribution in [0.1, 0.15) is 39.6 Å². The van der Waals surface area contributed by atoms with Crippen molar-refractivity contribution in [2.24, 2.45) is 0 Å². The van der Waals surface area contributed by atoms with Crippen LogP contribution in [0.25, 0.3) is 0 Å². The fourth-order valence-corrected chi connectivity index (χ4v) is 3.16. The number of amides is 1. The van der Waals surface area contributed by atoms with Gasteiger partial charge in [0.2, 0.25) is 0 Å². The molecule has 0 spiro atoms. The van der Waals surface area contributed by atoms with Gasteiger partial charge in [-0.05, 0) is 12.5 Å². The summed E-state index contributed by atoms with van der Waals surface area (Å²) in [6, 6.07) is 1.67. The van der Waals surface area contributed by atoms with Crippen molar-refractivity contribution in [3.05, 3.63) is 38.5 Å².